The monoisotopic (exact) mass is 337 g/mol. The van der Waals surface area contributed by atoms with Gasteiger partial charge in [0.1, 0.15) is 13.2 Å². The standard InChI is InChI=1S/C17H24ClN3O2/c1-17(2)4-5-21(11-17)16(19-3)20-10-12-8-13(18)15-14(9-12)22-6-7-23-15/h8-9H,4-7,10-11H2,1-3H3,(H,19,20). The highest BCUT2D eigenvalue weighted by Crippen LogP contribution is 2.38. The SMILES string of the molecule is CN=C(NCc1cc(Cl)c2c(c1)OCCO2)N1CCC(C)(C)C1. The summed E-state index contributed by atoms with van der Waals surface area (Å²) < 4.78 is 11.2. The van der Waals surface area contributed by atoms with Crippen molar-refractivity contribution in [2.24, 2.45) is 10.4 Å². The van der Waals surface area contributed by atoms with Crippen molar-refractivity contribution in [1.82, 2.24) is 10.2 Å². The molecular formula is C17H24ClN3O2. The minimum atomic E-state index is 0.345. The van der Waals surface area contributed by atoms with Crippen LogP contribution in [0.4, 0.5) is 0 Å². The molecule has 2 heterocycles. The second kappa shape index (κ2) is 6.48. The molecule has 1 N–H and O–H groups in total. The van der Waals surface area contributed by atoms with Gasteiger partial charge in [0.25, 0.3) is 0 Å². The molecule has 0 aliphatic carbocycles. The van der Waals surface area contributed by atoms with E-state index in [9.17, 15) is 0 Å². The maximum absolute atomic E-state index is 6.29. The Labute approximate surface area is 142 Å². The van der Waals surface area contributed by atoms with Crippen LogP contribution in [0.15, 0.2) is 17.1 Å². The number of aliphatic imine (C=N–C) groups is 1. The lowest BCUT2D eigenvalue weighted by Gasteiger charge is -2.24. The number of guanidine groups is 1. The first kappa shape index (κ1) is 16.2. The Morgan fingerprint density at radius 1 is 1.35 bits per heavy atom. The Bertz CT molecular complexity index is 616. The van der Waals surface area contributed by atoms with Crippen molar-refractivity contribution in [2.45, 2.75) is 26.8 Å². The van der Waals surface area contributed by atoms with Gasteiger partial charge in [0, 0.05) is 26.7 Å². The summed E-state index contributed by atoms with van der Waals surface area (Å²) in [6, 6.07) is 3.90. The van der Waals surface area contributed by atoms with Crippen molar-refractivity contribution in [2.75, 3.05) is 33.4 Å². The minimum absolute atomic E-state index is 0.345. The first-order valence-electron chi connectivity index (χ1n) is 8.02. The summed E-state index contributed by atoms with van der Waals surface area (Å²) in [7, 11) is 1.82. The van der Waals surface area contributed by atoms with Crippen LogP contribution in [0, 0.1) is 5.41 Å². The van der Waals surface area contributed by atoms with E-state index in [0.29, 0.717) is 35.9 Å². The van der Waals surface area contributed by atoms with Crippen molar-refractivity contribution >= 4 is 17.6 Å². The summed E-state index contributed by atoms with van der Waals surface area (Å²) >= 11 is 6.29. The highest BCUT2D eigenvalue weighted by Gasteiger charge is 2.30. The molecule has 0 radical (unpaired) electrons. The van der Waals surface area contributed by atoms with E-state index in [0.717, 1.165) is 30.4 Å². The van der Waals surface area contributed by atoms with E-state index >= 15 is 0 Å². The average molecular weight is 338 g/mol. The summed E-state index contributed by atoms with van der Waals surface area (Å²) in [5, 5.41) is 4.01. The van der Waals surface area contributed by atoms with Gasteiger partial charge in [-0.2, -0.15) is 0 Å². The van der Waals surface area contributed by atoms with E-state index in [1.807, 2.05) is 19.2 Å². The summed E-state index contributed by atoms with van der Waals surface area (Å²) in [5.41, 5.74) is 1.40. The zero-order valence-electron chi connectivity index (χ0n) is 14.0. The van der Waals surface area contributed by atoms with Crippen LogP contribution in [0.1, 0.15) is 25.8 Å². The summed E-state index contributed by atoms with van der Waals surface area (Å²) in [6.07, 6.45) is 1.18. The molecule has 1 fully saturated rings. The molecule has 0 bridgehead atoms. The van der Waals surface area contributed by atoms with Crippen molar-refractivity contribution in [3.63, 3.8) is 0 Å². The molecule has 6 heteroatoms. The number of benzene rings is 1. The highest BCUT2D eigenvalue weighted by atomic mass is 35.5. The lowest BCUT2D eigenvalue weighted by Crippen LogP contribution is -2.40. The number of halogens is 1. The van der Waals surface area contributed by atoms with Crippen molar-refractivity contribution in [1.29, 1.82) is 0 Å². The molecule has 2 aliphatic rings. The highest BCUT2D eigenvalue weighted by molar-refractivity contribution is 6.32. The molecule has 3 rings (SSSR count). The van der Waals surface area contributed by atoms with Crippen LogP contribution in [0.25, 0.3) is 0 Å². The van der Waals surface area contributed by atoms with Crippen LogP contribution in [-0.2, 0) is 6.54 Å². The molecule has 0 atom stereocenters. The Balaban J connectivity index is 1.67. The fourth-order valence-corrected chi connectivity index (χ4v) is 3.36. The van der Waals surface area contributed by atoms with Crippen LogP contribution in [0.3, 0.4) is 0 Å². The number of hydrogen-bond donors (Lipinski definition) is 1. The topological polar surface area (TPSA) is 46.1 Å². The maximum Gasteiger partial charge on any atom is 0.193 e. The average Bonchev–Trinajstić information content (AvgIpc) is 2.88. The molecule has 0 spiro atoms. The summed E-state index contributed by atoms with van der Waals surface area (Å²) in [5.74, 6) is 2.30. The van der Waals surface area contributed by atoms with Gasteiger partial charge in [-0.1, -0.05) is 25.4 Å². The van der Waals surface area contributed by atoms with Crippen LogP contribution in [0.5, 0.6) is 11.5 Å². The molecule has 23 heavy (non-hydrogen) atoms. The smallest absolute Gasteiger partial charge is 0.193 e. The van der Waals surface area contributed by atoms with Crippen LogP contribution < -0.4 is 14.8 Å². The predicted octanol–water partition coefficient (Wildman–Crippen LogP) is 2.92. The molecule has 1 saturated heterocycles. The van der Waals surface area contributed by atoms with Gasteiger partial charge >= 0.3 is 0 Å². The quantitative estimate of drug-likeness (QED) is 0.666. The Morgan fingerprint density at radius 3 is 2.83 bits per heavy atom. The second-order valence-electron chi connectivity index (χ2n) is 6.84. The van der Waals surface area contributed by atoms with E-state index < -0.39 is 0 Å². The van der Waals surface area contributed by atoms with Crippen molar-refractivity contribution in [3.05, 3.63) is 22.7 Å². The van der Waals surface area contributed by atoms with E-state index in [2.05, 4.69) is 29.1 Å². The van der Waals surface area contributed by atoms with Crippen molar-refractivity contribution < 1.29 is 9.47 Å². The van der Waals surface area contributed by atoms with Gasteiger partial charge in [0.2, 0.25) is 0 Å². The Morgan fingerprint density at radius 2 is 2.13 bits per heavy atom. The van der Waals surface area contributed by atoms with Crippen LogP contribution in [-0.4, -0.2) is 44.2 Å². The number of nitrogens with one attached hydrogen (secondary N) is 1. The fraction of sp³-hybridized carbons (Fsp3) is 0.588. The number of likely N-dealkylation sites (tertiary alicyclic amines) is 1. The number of rotatable bonds is 2. The van der Waals surface area contributed by atoms with Gasteiger partial charge in [-0.25, -0.2) is 0 Å². The van der Waals surface area contributed by atoms with Gasteiger partial charge in [-0.05, 0) is 29.5 Å². The van der Waals surface area contributed by atoms with E-state index in [-0.39, 0.29) is 0 Å². The molecule has 0 aromatic heterocycles. The largest absolute Gasteiger partial charge is 0.486 e. The number of nitrogens with zero attached hydrogens (tertiary/aromatic N) is 2. The number of ether oxygens (including phenoxy) is 2. The second-order valence-corrected chi connectivity index (χ2v) is 7.25. The van der Waals surface area contributed by atoms with Crippen LogP contribution in [0.2, 0.25) is 5.02 Å². The molecule has 2 aliphatic heterocycles. The van der Waals surface area contributed by atoms with E-state index in [1.54, 1.807) is 0 Å². The van der Waals surface area contributed by atoms with Gasteiger partial charge in [0.05, 0.1) is 5.02 Å². The molecule has 0 amide bonds. The molecule has 5 nitrogen and oxygen atoms in total. The zero-order chi connectivity index (χ0) is 16.4. The molecule has 0 unspecified atom stereocenters. The maximum atomic E-state index is 6.29. The first-order chi connectivity index (χ1) is 11.0. The minimum Gasteiger partial charge on any atom is -0.486 e. The summed E-state index contributed by atoms with van der Waals surface area (Å²) in [6.45, 7) is 8.40. The molecule has 1 aromatic rings. The van der Waals surface area contributed by atoms with E-state index in [4.69, 9.17) is 21.1 Å². The predicted molar refractivity (Wildman–Crippen MR) is 92.6 cm³/mol. The fourth-order valence-electron chi connectivity index (χ4n) is 3.07. The molecule has 0 saturated carbocycles. The lowest BCUT2D eigenvalue weighted by atomic mass is 9.93. The van der Waals surface area contributed by atoms with Gasteiger partial charge in [0.15, 0.2) is 17.5 Å². The third-order valence-electron chi connectivity index (χ3n) is 4.30. The zero-order valence-corrected chi connectivity index (χ0v) is 14.7. The van der Waals surface area contributed by atoms with E-state index in [1.165, 1.54) is 6.42 Å². The number of fused-ring (bicyclic) bond motifs is 1. The van der Waals surface area contributed by atoms with Gasteiger partial charge in [-0.3, -0.25) is 4.99 Å². The third-order valence-corrected chi connectivity index (χ3v) is 4.58. The van der Waals surface area contributed by atoms with Gasteiger partial charge < -0.3 is 19.7 Å². The lowest BCUT2D eigenvalue weighted by molar-refractivity contribution is 0.171. The Hall–Kier alpha value is -1.62. The normalized spacial score (nSPS) is 19.8. The molecule has 126 valence electrons. The number of hydrogen-bond acceptors (Lipinski definition) is 3. The van der Waals surface area contributed by atoms with Crippen LogP contribution >= 0.6 is 11.6 Å². The third kappa shape index (κ3) is 3.66. The summed E-state index contributed by atoms with van der Waals surface area (Å²) in [4.78, 5) is 6.71. The first-order valence-corrected chi connectivity index (χ1v) is 8.40. The molecular weight excluding hydrogens is 314 g/mol. The van der Waals surface area contributed by atoms with Gasteiger partial charge in [-0.15, -0.1) is 0 Å². The molecule has 1 aromatic carbocycles. The Kier molecular flexibility index (Phi) is 4.57. The van der Waals surface area contributed by atoms with Crippen molar-refractivity contribution in [3.8, 4) is 11.5 Å².